The van der Waals surface area contributed by atoms with Gasteiger partial charge in [-0.3, -0.25) is 14.2 Å². The van der Waals surface area contributed by atoms with Gasteiger partial charge in [-0.1, -0.05) is 48.9 Å². The van der Waals surface area contributed by atoms with E-state index < -0.39 is 6.04 Å². The molecule has 0 aliphatic carbocycles. The van der Waals surface area contributed by atoms with E-state index in [0.29, 0.717) is 33.1 Å². The highest BCUT2D eigenvalue weighted by Gasteiger charge is 2.23. The number of ether oxygens (including phenoxy) is 1. The summed E-state index contributed by atoms with van der Waals surface area (Å²) in [6.45, 7) is 1.85. The maximum atomic E-state index is 13.4. The Morgan fingerprint density at radius 2 is 2.03 bits per heavy atom. The van der Waals surface area contributed by atoms with Gasteiger partial charge in [0.15, 0.2) is 0 Å². The van der Waals surface area contributed by atoms with Gasteiger partial charge in [0.25, 0.3) is 5.56 Å². The molecule has 4 rings (SSSR count). The van der Waals surface area contributed by atoms with Crippen molar-refractivity contribution in [2.75, 3.05) is 12.4 Å². The van der Waals surface area contributed by atoms with E-state index in [4.69, 9.17) is 16.3 Å². The summed E-state index contributed by atoms with van der Waals surface area (Å²) in [4.78, 5) is 31.6. The average molecular weight is 454 g/mol. The Hall–Kier alpha value is -3.16. The molecule has 1 amide bonds. The monoisotopic (exact) mass is 453 g/mol. The number of hydrogen-bond acceptors (Lipinski definition) is 5. The first-order valence-corrected chi connectivity index (χ1v) is 11.0. The highest BCUT2D eigenvalue weighted by Crippen LogP contribution is 2.31. The van der Waals surface area contributed by atoms with Crippen LogP contribution >= 0.6 is 22.9 Å². The molecule has 0 aliphatic rings. The van der Waals surface area contributed by atoms with E-state index in [-0.39, 0.29) is 11.5 Å². The summed E-state index contributed by atoms with van der Waals surface area (Å²) >= 11 is 7.48. The van der Waals surface area contributed by atoms with Gasteiger partial charge in [-0.25, -0.2) is 4.98 Å². The van der Waals surface area contributed by atoms with Crippen LogP contribution in [0.2, 0.25) is 5.02 Å². The molecule has 1 unspecified atom stereocenters. The summed E-state index contributed by atoms with van der Waals surface area (Å²) in [5, 5.41) is 5.75. The summed E-state index contributed by atoms with van der Waals surface area (Å²) in [5.74, 6) is 0.139. The largest absolute Gasteiger partial charge is 0.495 e. The molecular weight excluding hydrogens is 434 g/mol. The van der Waals surface area contributed by atoms with Crippen molar-refractivity contribution in [1.82, 2.24) is 9.55 Å². The van der Waals surface area contributed by atoms with E-state index in [9.17, 15) is 9.59 Å². The lowest BCUT2D eigenvalue weighted by Gasteiger charge is -2.19. The molecule has 0 aliphatic heterocycles. The maximum absolute atomic E-state index is 13.4. The van der Waals surface area contributed by atoms with Crippen molar-refractivity contribution in [3.8, 4) is 16.9 Å². The summed E-state index contributed by atoms with van der Waals surface area (Å²) < 4.78 is 6.70. The molecule has 6 nitrogen and oxygen atoms in total. The Morgan fingerprint density at radius 3 is 2.74 bits per heavy atom. The number of methoxy groups -OCH3 is 1. The standard InChI is InChI=1S/C23H20ClN3O3S/c1-3-18(21(28)26-17-11-15(24)9-10-19(17)30-2)27-13-25-22-20(23(27)29)16(12-31-22)14-7-5-4-6-8-14/h4-13,18H,3H2,1-2H3,(H,26,28). The lowest BCUT2D eigenvalue weighted by Crippen LogP contribution is -2.33. The van der Waals surface area contributed by atoms with Crippen LogP contribution < -0.4 is 15.6 Å². The Bertz CT molecular complexity index is 1300. The lowest BCUT2D eigenvalue weighted by atomic mass is 10.1. The normalized spacial score (nSPS) is 12.0. The second-order valence-electron chi connectivity index (χ2n) is 6.91. The minimum Gasteiger partial charge on any atom is -0.495 e. The zero-order valence-electron chi connectivity index (χ0n) is 17.0. The number of nitrogens with zero attached hydrogens (tertiary/aromatic N) is 2. The molecule has 2 aromatic carbocycles. The maximum Gasteiger partial charge on any atom is 0.263 e. The van der Waals surface area contributed by atoms with Crippen LogP contribution in [-0.4, -0.2) is 22.6 Å². The fourth-order valence-electron chi connectivity index (χ4n) is 3.50. The van der Waals surface area contributed by atoms with Gasteiger partial charge < -0.3 is 10.1 Å². The molecule has 1 atom stereocenters. The fourth-order valence-corrected chi connectivity index (χ4v) is 4.58. The number of thiophene rings is 1. The second-order valence-corrected chi connectivity index (χ2v) is 8.20. The predicted molar refractivity (Wildman–Crippen MR) is 125 cm³/mol. The number of carbonyl (C=O) groups is 1. The predicted octanol–water partition coefficient (Wildman–Crippen LogP) is 5.38. The van der Waals surface area contributed by atoms with E-state index in [0.717, 1.165) is 11.1 Å². The number of rotatable bonds is 6. The van der Waals surface area contributed by atoms with Crippen LogP contribution in [0.5, 0.6) is 5.75 Å². The van der Waals surface area contributed by atoms with E-state index in [1.165, 1.54) is 29.3 Å². The van der Waals surface area contributed by atoms with Crippen molar-refractivity contribution in [1.29, 1.82) is 0 Å². The van der Waals surface area contributed by atoms with Gasteiger partial charge in [0.1, 0.15) is 16.6 Å². The van der Waals surface area contributed by atoms with E-state index in [1.54, 1.807) is 18.2 Å². The number of aromatic nitrogens is 2. The quantitative estimate of drug-likeness (QED) is 0.425. The Morgan fingerprint density at radius 1 is 1.26 bits per heavy atom. The van der Waals surface area contributed by atoms with Gasteiger partial charge in [-0.2, -0.15) is 0 Å². The number of carbonyl (C=O) groups excluding carboxylic acids is 1. The molecule has 2 heterocycles. The lowest BCUT2D eigenvalue weighted by molar-refractivity contribution is -0.119. The highest BCUT2D eigenvalue weighted by atomic mass is 35.5. The molecular formula is C23H20ClN3O3S. The van der Waals surface area contributed by atoms with E-state index in [2.05, 4.69) is 10.3 Å². The second kappa shape index (κ2) is 8.91. The van der Waals surface area contributed by atoms with Crippen LogP contribution in [-0.2, 0) is 4.79 Å². The first-order valence-electron chi connectivity index (χ1n) is 9.71. The van der Waals surface area contributed by atoms with Crippen LogP contribution in [0.1, 0.15) is 19.4 Å². The molecule has 0 radical (unpaired) electrons. The third kappa shape index (κ3) is 4.06. The third-order valence-electron chi connectivity index (χ3n) is 5.05. The molecule has 0 bridgehead atoms. The van der Waals surface area contributed by atoms with Gasteiger partial charge in [0.05, 0.1) is 24.5 Å². The van der Waals surface area contributed by atoms with E-state index >= 15 is 0 Å². The number of anilines is 1. The topological polar surface area (TPSA) is 73.2 Å². The van der Waals surface area contributed by atoms with Gasteiger partial charge in [0, 0.05) is 16.0 Å². The van der Waals surface area contributed by atoms with Crippen LogP contribution in [0.3, 0.4) is 0 Å². The van der Waals surface area contributed by atoms with Crippen LogP contribution in [0.25, 0.3) is 21.3 Å². The summed E-state index contributed by atoms with van der Waals surface area (Å²) in [6.07, 6.45) is 1.85. The van der Waals surface area contributed by atoms with Crippen molar-refractivity contribution in [2.45, 2.75) is 19.4 Å². The highest BCUT2D eigenvalue weighted by molar-refractivity contribution is 7.17. The molecule has 4 aromatic rings. The zero-order chi connectivity index (χ0) is 22.0. The smallest absolute Gasteiger partial charge is 0.263 e. The van der Waals surface area contributed by atoms with Gasteiger partial charge >= 0.3 is 0 Å². The van der Waals surface area contributed by atoms with Crippen LogP contribution in [0.15, 0.2) is 65.0 Å². The average Bonchev–Trinajstić information content (AvgIpc) is 3.22. The first kappa shape index (κ1) is 21.1. The van der Waals surface area contributed by atoms with Gasteiger partial charge in [0.2, 0.25) is 5.91 Å². The number of amides is 1. The van der Waals surface area contributed by atoms with Crippen molar-refractivity contribution >= 4 is 44.7 Å². The number of hydrogen-bond donors (Lipinski definition) is 1. The van der Waals surface area contributed by atoms with Gasteiger partial charge in [-0.05, 0) is 30.2 Å². The number of fused-ring (bicyclic) bond motifs is 1. The molecule has 2 aromatic heterocycles. The van der Waals surface area contributed by atoms with Crippen molar-refractivity contribution in [3.05, 3.63) is 75.6 Å². The van der Waals surface area contributed by atoms with Crippen LogP contribution in [0, 0.1) is 0 Å². The molecule has 31 heavy (non-hydrogen) atoms. The minimum absolute atomic E-state index is 0.245. The number of halogens is 1. The fraction of sp³-hybridized carbons (Fsp3) is 0.174. The SMILES string of the molecule is CCC(C(=O)Nc1cc(Cl)ccc1OC)n1cnc2scc(-c3ccccc3)c2c1=O. The molecule has 0 spiro atoms. The molecule has 158 valence electrons. The van der Waals surface area contributed by atoms with Crippen LogP contribution in [0.4, 0.5) is 5.69 Å². The number of benzene rings is 2. The summed E-state index contributed by atoms with van der Waals surface area (Å²) in [5.41, 5.74) is 1.96. The van der Waals surface area contributed by atoms with Gasteiger partial charge in [-0.15, -0.1) is 11.3 Å². The van der Waals surface area contributed by atoms with Crippen molar-refractivity contribution in [2.24, 2.45) is 0 Å². The number of nitrogens with one attached hydrogen (secondary N) is 1. The Labute approximate surface area is 188 Å². The minimum atomic E-state index is -0.739. The zero-order valence-corrected chi connectivity index (χ0v) is 18.5. The summed E-state index contributed by atoms with van der Waals surface area (Å²) in [6, 6.07) is 13.9. The van der Waals surface area contributed by atoms with Crippen molar-refractivity contribution in [3.63, 3.8) is 0 Å². The van der Waals surface area contributed by atoms with Crippen molar-refractivity contribution < 1.29 is 9.53 Å². The Kier molecular flexibility index (Phi) is 6.06. The molecule has 0 saturated heterocycles. The molecule has 8 heteroatoms. The third-order valence-corrected chi connectivity index (χ3v) is 6.17. The Balaban J connectivity index is 1.75. The molecule has 0 fully saturated rings. The first-order chi connectivity index (χ1) is 15.0. The summed E-state index contributed by atoms with van der Waals surface area (Å²) in [7, 11) is 1.51. The molecule has 1 N–H and O–H groups in total. The van der Waals surface area contributed by atoms with E-state index in [1.807, 2.05) is 42.6 Å². The molecule has 0 saturated carbocycles.